The minimum atomic E-state index is 1.25. The molecule has 1 heteroatoms. The molecule has 1 rings (SSSR count). The Kier molecular flexibility index (Phi) is 5.18. The van der Waals surface area contributed by atoms with Crippen molar-refractivity contribution in [3.8, 4) is 0 Å². The van der Waals surface area contributed by atoms with Crippen LogP contribution in [0.25, 0.3) is 11.6 Å². The minimum Gasteiger partial charge on any atom is -0.361 e. The van der Waals surface area contributed by atoms with Gasteiger partial charge in [-0.15, -0.1) is 0 Å². The lowest BCUT2D eigenvalue weighted by Crippen LogP contribution is -2.23. The zero-order valence-electron chi connectivity index (χ0n) is 8.73. The van der Waals surface area contributed by atoms with Crippen molar-refractivity contribution >= 4 is 11.6 Å². The lowest BCUT2D eigenvalue weighted by atomic mass is 10.3. The largest absolute Gasteiger partial charge is 0.361 e. The van der Waals surface area contributed by atoms with Crippen molar-refractivity contribution in [3.05, 3.63) is 22.8 Å². The maximum Gasteiger partial charge on any atom is 0.0436 e. The average Bonchev–Trinajstić information content (AvgIpc) is 2.55. The van der Waals surface area contributed by atoms with Crippen molar-refractivity contribution < 1.29 is 0 Å². The van der Waals surface area contributed by atoms with Crippen molar-refractivity contribution in [2.45, 2.75) is 34.6 Å². The van der Waals surface area contributed by atoms with Crippen molar-refractivity contribution in [2.75, 3.05) is 0 Å². The highest BCUT2D eigenvalue weighted by molar-refractivity contribution is 5.38. The summed E-state index contributed by atoms with van der Waals surface area (Å²) in [5.41, 5.74) is 1.33. The summed E-state index contributed by atoms with van der Waals surface area (Å²) in [6, 6.07) is 2.09. The van der Waals surface area contributed by atoms with Crippen LogP contribution in [0, 0.1) is 0 Å². The average molecular weight is 165 g/mol. The fourth-order valence-electron chi connectivity index (χ4n) is 1.06. The zero-order chi connectivity index (χ0) is 9.56. The molecule has 1 N–H and O–H groups in total. The van der Waals surface area contributed by atoms with Gasteiger partial charge in [-0.05, 0) is 32.1 Å². The van der Waals surface area contributed by atoms with Crippen molar-refractivity contribution in [1.82, 2.24) is 4.98 Å². The van der Waals surface area contributed by atoms with Gasteiger partial charge in [-0.2, -0.15) is 0 Å². The number of hydrogen-bond donors (Lipinski definition) is 1. The molecule has 0 bridgehead atoms. The number of aromatic nitrogens is 1. The quantitative estimate of drug-likeness (QED) is 0.605. The third-order valence-corrected chi connectivity index (χ3v) is 1.59. The van der Waals surface area contributed by atoms with E-state index >= 15 is 0 Å². The number of nitrogens with one attached hydrogen (secondary N) is 1. The van der Waals surface area contributed by atoms with Crippen molar-refractivity contribution in [1.29, 1.82) is 0 Å². The first-order chi connectivity index (χ1) is 5.75. The molecule has 1 heterocycles. The van der Waals surface area contributed by atoms with E-state index in [-0.39, 0.29) is 0 Å². The van der Waals surface area contributed by atoms with E-state index in [0.717, 1.165) is 0 Å². The van der Waals surface area contributed by atoms with Gasteiger partial charge in [0.05, 0.1) is 0 Å². The molecule has 68 valence electrons. The van der Waals surface area contributed by atoms with E-state index in [1.54, 1.807) is 0 Å². The first kappa shape index (κ1) is 11.0. The fourth-order valence-corrected chi connectivity index (χ4v) is 1.06. The maximum atomic E-state index is 3.19. The van der Waals surface area contributed by atoms with Gasteiger partial charge in [0.2, 0.25) is 0 Å². The summed E-state index contributed by atoms with van der Waals surface area (Å²) >= 11 is 0. The van der Waals surface area contributed by atoms with Crippen LogP contribution in [0.15, 0.2) is 12.3 Å². The van der Waals surface area contributed by atoms with Crippen LogP contribution >= 0.6 is 0 Å². The van der Waals surface area contributed by atoms with E-state index in [1.807, 2.05) is 20.0 Å². The van der Waals surface area contributed by atoms with Gasteiger partial charge in [-0.25, -0.2) is 0 Å². The summed E-state index contributed by atoms with van der Waals surface area (Å²) in [5.74, 6) is 0. The third-order valence-electron chi connectivity index (χ3n) is 1.59. The van der Waals surface area contributed by atoms with Crippen LogP contribution in [0.5, 0.6) is 0 Å². The minimum absolute atomic E-state index is 1.25. The monoisotopic (exact) mass is 165 g/mol. The molecule has 0 aliphatic rings. The van der Waals surface area contributed by atoms with Gasteiger partial charge in [0.15, 0.2) is 0 Å². The van der Waals surface area contributed by atoms with Crippen LogP contribution in [0.2, 0.25) is 0 Å². The highest BCUT2D eigenvalue weighted by Gasteiger charge is 1.84. The lowest BCUT2D eigenvalue weighted by molar-refractivity contribution is 1.27. The Morgan fingerprint density at radius 2 is 1.92 bits per heavy atom. The molecule has 1 aromatic heterocycles. The summed E-state index contributed by atoms with van der Waals surface area (Å²) in [6.45, 7) is 10.3. The van der Waals surface area contributed by atoms with E-state index in [0.29, 0.717) is 0 Å². The summed E-state index contributed by atoms with van der Waals surface area (Å²) in [4.78, 5) is 3.19. The molecule has 0 amide bonds. The Balaban J connectivity index is 0.000000561. The molecule has 0 aliphatic heterocycles. The molecule has 0 radical (unpaired) electrons. The smallest absolute Gasteiger partial charge is 0.0436 e. The van der Waals surface area contributed by atoms with Crippen LogP contribution in [0.4, 0.5) is 0 Å². The molecule has 0 aliphatic carbocycles. The third kappa shape index (κ3) is 2.57. The van der Waals surface area contributed by atoms with Crippen LogP contribution in [-0.2, 0) is 0 Å². The standard InChI is InChI=1S/C9H13N.C2H6/c1-4-8-5-6-10-9(8)7(2)3;1-2/h4-6,10H,1-3H3;1-2H3/b8-4-;. The number of aromatic amines is 1. The zero-order valence-corrected chi connectivity index (χ0v) is 8.73. The molecule has 0 spiro atoms. The van der Waals surface area contributed by atoms with Crippen LogP contribution in [-0.4, -0.2) is 4.98 Å². The van der Waals surface area contributed by atoms with Crippen molar-refractivity contribution in [3.63, 3.8) is 0 Å². The van der Waals surface area contributed by atoms with Gasteiger partial charge in [0.25, 0.3) is 0 Å². The molecule has 0 atom stereocenters. The highest BCUT2D eigenvalue weighted by atomic mass is 14.6. The first-order valence-corrected chi connectivity index (χ1v) is 4.53. The molecule has 0 unspecified atom stereocenters. The van der Waals surface area contributed by atoms with Crippen LogP contribution < -0.4 is 10.6 Å². The molecular formula is C11H19N. The number of H-pyrrole nitrogens is 1. The molecular weight excluding hydrogens is 146 g/mol. The predicted octanol–water partition coefficient (Wildman–Crippen LogP) is 2.03. The second kappa shape index (κ2) is 5.64. The molecule has 0 saturated carbocycles. The summed E-state index contributed by atoms with van der Waals surface area (Å²) < 4.78 is 0. The van der Waals surface area contributed by atoms with E-state index in [1.165, 1.54) is 16.1 Å². The topological polar surface area (TPSA) is 15.8 Å². The fraction of sp³-hybridized carbons (Fsp3) is 0.455. The Labute approximate surface area is 74.8 Å². The Bertz CT molecular complexity index is 313. The van der Waals surface area contributed by atoms with Crippen LogP contribution in [0.1, 0.15) is 34.6 Å². The Morgan fingerprint density at radius 3 is 2.25 bits per heavy atom. The second-order valence-corrected chi connectivity index (χ2v) is 2.60. The lowest BCUT2D eigenvalue weighted by Gasteiger charge is -1.83. The number of rotatable bonds is 0. The molecule has 1 nitrogen and oxygen atoms in total. The second-order valence-electron chi connectivity index (χ2n) is 2.60. The SMILES string of the molecule is C/C=c1/cc[nH]c1=C(C)C.CC. The van der Waals surface area contributed by atoms with Gasteiger partial charge < -0.3 is 4.98 Å². The Morgan fingerprint density at radius 1 is 1.33 bits per heavy atom. The molecule has 1 aromatic rings. The van der Waals surface area contributed by atoms with Gasteiger partial charge in [0.1, 0.15) is 0 Å². The summed E-state index contributed by atoms with van der Waals surface area (Å²) in [6.07, 6.45) is 4.08. The number of hydrogen-bond acceptors (Lipinski definition) is 0. The van der Waals surface area contributed by atoms with Gasteiger partial charge in [-0.1, -0.05) is 25.5 Å². The molecule has 0 aromatic carbocycles. The van der Waals surface area contributed by atoms with E-state index in [4.69, 9.17) is 0 Å². The van der Waals surface area contributed by atoms with Gasteiger partial charge >= 0.3 is 0 Å². The molecule has 12 heavy (non-hydrogen) atoms. The van der Waals surface area contributed by atoms with E-state index in [2.05, 4.69) is 37.9 Å². The Hall–Kier alpha value is -0.980. The van der Waals surface area contributed by atoms with Crippen LogP contribution in [0.3, 0.4) is 0 Å². The highest BCUT2D eigenvalue weighted by Crippen LogP contribution is 1.80. The predicted molar refractivity (Wildman–Crippen MR) is 56.3 cm³/mol. The van der Waals surface area contributed by atoms with Crippen molar-refractivity contribution in [2.24, 2.45) is 0 Å². The van der Waals surface area contributed by atoms with E-state index < -0.39 is 0 Å². The maximum absolute atomic E-state index is 3.19. The van der Waals surface area contributed by atoms with Gasteiger partial charge in [-0.3, -0.25) is 0 Å². The van der Waals surface area contributed by atoms with E-state index in [9.17, 15) is 0 Å². The molecule has 0 fully saturated rings. The van der Waals surface area contributed by atoms with Gasteiger partial charge in [0, 0.05) is 11.5 Å². The molecule has 0 saturated heterocycles. The normalized spacial score (nSPS) is 10.6. The summed E-state index contributed by atoms with van der Waals surface area (Å²) in [5, 5.41) is 2.54. The summed E-state index contributed by atoms with van der Waals surface area (Å²) in [7, 11) is 0. The first-order valence-electron chi connectivity index (χ1n) is 4.53.